The first-order chi connectivity index (χ1) is 16.4. The lowest BCUT2D eigenvalue weighted by Gasteiger charge is -2.32. The molecule has 8 heteroatoms. The van der Waals surface area contributed by atoms with Crippen molar-refractivity contribution < 1.29 is 28.5 Å². The lowest BCUT2D eigenvalue weighted by Crippen LogP contribution is -2.31. The van der Waals surface area contributed by atoms with Crippen molar-refractivity contribution in [3.63, 3.8) is 0 Å². The van der Waals surface area contributed by atoms with E-state index in [0.717, 1.165) is 5.56 Å². The number of rotatable bonds is 7. The number of hydrogen-bond acceptors (Lipinski definition) is 7. The Morgan fingerprint density at radius 2 is 1.97 bits per heavy atom. The van der Waals surface area contributed by atoms with Gasteiger partial charge in [0.2, 0.25) is 5.88 Å². The van der Waals surface area contributed by atoms with Crippen LogP contribution < -0.4 is 15.2 Å². The van der Waals surface area contributed by atoms with Crippen LogP contribution in [0.5, 0.6) is 11.5 Å². The first kappa shape index (κ1) is 23.9. The van der Waals surface area contributed by atoms with E-state index in [0.29, 0.717) is 58.7 Å². The molecule has 1 atom stereocenters. The number of allylic oxidation sites excluding steroid dienone is 2. The smallest absolute Gasteiger partial charge is 0.340 e. The Kier molecular flexibility index (Phi) is 7.26. The molecule has 0 amide bonds. The van der Waals surface area contributed by atoms with Crippen molar-refractivity contribution in [3.8, 4) is 11.5 Å². The Hall–Kier alpha value is -3.26. The van der Waals surface area contributed by atoms with E-state index in [4.69, 9.17) is 24.7 Å². The fourth-order valence-corrected chi connectivity index (χ4v) is 4.85. The van der Waals surface area contributed by atoms with Crippen molar-refractivity contribution >= 4 is 27.7 Å². The molecule has 0 fully saturated rings. The molecule has 4 rings (SSSR count). The van der Waals surface area contributed by atoms with Gasteiger partial charge in [-0.3, -0.25) is 4.79 Å². The lowest BCUT2D eigenvalue weighted by atomic mass is 9.77. The van der Waals surface area contributed by atoms with Gasteiger partial charge in [0.1, 0.15) is 17.9 Å². The molecule has 0 bridgehead atoms. The number of ether oxygens (including phenoxy) is 4. The molecule has 0 saturated carbocycles. The number of esters is 1. The van der Waals surface area contributed by atoms with Crippen molar-refractivity contribution in [1.29, 1.82) is 0 Å². The fourth-order valence-electron chi connectivity index (χ4n) is 4.27. The maximum Gasteiger partial charge on any atom is 0.340 e. The maximum absolute atomic E-state index is 13.0. The van der Waals surface area contributed by atoms with Gasteiger partial charge in [-0.2, -0.15) is 0 Å². The summed E-state index contributed by atoms with van der Waals surface area (Å²) in [4.78, 5) is 25.9. The van der Waals surface area contributed by atoms with Crippen LogP contribution in [0, 0.1) is 0 Å². The van der Waals surface area contributed by atoms with Crippen LogP contribution in [0.1, 0.15) is 43.2 Å². The zero-order valence-corrected chi connectivity index (χ0v) is 20.6. The predicted molar refractivity (Wildman–Crippen MR) is 129 cm³/mol. The number of carbonyl (C=O) groups excluding carboxylic acids is 2. The molecule has 7 nitrogen and oxygen atoms in total. The number of ketones is 1. The standard InChI is InChI=1S/C26H26BrNO6/c1-3-32-26(30)23-21(22-18(29)10-7-11-19(22)34-25(23)28)16-12-17(27)24(20(13-16)31-2)33-14-15-8-5-4-6-9-15/h4-6,8-9,12-13,21H,3,7,10-11,14,28H2,1-2H3/t21-/m0/s1. The normalized spacial score (nSPS) is 17.7. The second-order valence-corrected chi connectivity index (χ2v) is 8.81. The SMILES string of the molecule is CCOC(=O)C1=C(N)OC2=C(C(=O)CCC2)[C@@H]1c1cc(Br)c(OCc2ccccc2)c(OC)c1. The van der Waals surface area contributed by atoms with E-state index in [1.807, 2.05) is 36.4 Å². The highest BCUT2D eigenvalue weighted by Crippen LogP contribution is 2.47. The van der Waals surface area contributed by atoms with Gasteiger partial charge in [-0.15, -0.1) is 0 Å². The second kappa shape index (κ2) is 10.3. The average molecular weight is 528 g/mol. The van der Waals surface area contributed by atoms with Crippen molar-refractivity contribution in [1.82, 2.24) is 0 Å². The minimum Gasteiger partial charge on any atom is -0.493 e. The molecule has 0 radical (unpaired) electrons. The van der Waals surface area contributed by atoms with E-state index < -0.39 is 11.9 Å². The Balaban J connectivity index is 1.78. The third-order valence-electron chi connectivity index (χ3n) is 5.79. The summed E-state index contributed by atoms with van der Waals surface area (Å²) in [5, 5.41) is 0. The molecule has 1 aliphatic carbocycles. The third kappa shape index (κ3) is 4.68. The molecule has 0 saturated heterocycles. The summed E-state index contributed by atoms with van der Waals surface area (Å²) in [6.45, 7) is 2.23. The summed E-state index contributed by atoms with van der Waals surface area (Å²) in [6.07, 6.45) is 1.63. The van der Waals surface area contributed by atoms with Gasteiger partial charge in [0.25, 0.3) is 0 Å². The number of Topliss-reactive ketones (excluding diaryl/α,β-unsaturated/α-hetero) is 1. The quantitative estimate of drug-likeness (QED) is 0.511. The number of nitrogens with two attached hydrogens (primary N) is 1. The van der Waals surface area contributed by atoms with Crippen LogP contribution in [0.15, 0.2) is 69.7 Å². The van der Waals surface area contributed by atoms with Crippen molar-refractivity contribution in [2.75, 3.05) is 13.7 Å². The van der Waals surface area contributed by atoms with Crippen molar-refractivity contribution in [2.45, 2.75) is 38.7 Å². The van der Waals surface area contributed by atoms with E-state index in [1.54, 1.807) is 13.0 Å². The number of benzene rings is 2. The Morgan fingerprint density at radius 1 is 1.21 bits per heavy atom. The van der Waals surface area contributed by atoms with Gasteiger partial charge in [-0.1, -0.05) is 30.3 Å². The Morgan fingerprint density at radius 3 is 2.68 bits per heavy atom. The summed E-state index contributed by atoms with van der Waals surface area (Å²) < 4.78 is 23.3. The van der Waals surface area contributed by atoms with Gasteiger partial charge in [0, 0.05) is 18.4 Å². The number of carbonyl (C=O) groups is 2. The molecule has 2 N–H and O–H groups in total. The second-order valence-electron chi connectivity index (χ2n) is 7.96. The van der Waals surface area contributed by atoms with E-state index in [-0.39, 0.29) is 23.8 Å². The minimum absolute atomic E-state index is 0.0450. The van der Waals surface area contributed by atoms with Gasteiger partial charge in [-0.05, 0) is 52.5 Å². The van der Waals surface area contributed by atoms with Gasteiger partial charge >= 0.3 is 5.97 Å². The van der Waals surface area contributed by atoms with Gasteiger partial charge in [-0.25, -0.2) is 4.79 Å². The Bertz CT molecular complexity index is 1170. The van der Waals surface area contributed by atoms with Gasteiger partial charge < -0.3 is 24.7 Å². The molecular weight excluding hydrogens is 502 g/mol. The molecular formula is C26H26BrNO6. The van der Waals surface area contributed by atoms with Crippen LogP contribution in [0.4, 0.5) is 0 Å². The third-order valence-corrected chi connectivity index (χ3v) is 6.38. The van der Waals surface area contributed by atoms with E-state index >= 15 is 0 Å². The van der Waals surface area contributed by atoms with Crippen molar-refractivity contribution in [3.05, 3.63) is 80.9 Å². The first-order valence-corrected chi connectivity index (χ1v) is 11.9. The molecule has 1 heterocycles. The fraction of sp³-hybridized carbons (Fsp3) is 0.308. The van der Waals surface area contributed by atoms with E-state index in [2.05, 4.69) is 15.9 Å². The first-order valence-electron chi connectivity index (χ1n) is 11.1. The van der Waals surface area contributed by atoms with E-state index in [1.165, 1.54) is 7.11 Å². The van der Waals surface area contributed by atoms with Crippen LogP contribution in [0.2, 0.25) is 0 Å². The maximum atomic E-state index is 13.0. The number of methoxy groups -OCH3 is 1. The number of hydrogen-bond donors (Lipinski definition) is 1. The van der Waals surface area contributed by atoms with Crippen LogP contribution >= 0.6 is 15.9 Å². The molecule has 0 aromatic heterocycles. The molecule has 2 aliphatic rings. The van der Waals surface area contributed by atoms with Gasteiger partial charge in [0.15, 0.2) is 17.3 Å². The number of halogens is 1. The van der Waals surface area contributed by atoms with Gasteiger partial charge in [0.05, 0.1) is 24.1 Å². The molecule has 0 spiro atoms. The van der Waals surface area contributed by atoms with E-state index in [9.17, 15) is 9.59 Å². The molecule has 34 heavy (non-hydrogen) atoms. The molecule has 178 valence electrons. The summed E-state index contributed by atoms with van der Waals surface area (Å²) in [6, 6.07) is 13.4. The predicted octanol–water partition coefficient (Wildman–Crippen LogP) is 4.89. The summed E-state index contributed by atoms with van der Waals surface area (Å²) in [7, 11) is 1.54. The van der Waals surface area contributed by atoms with Crippen LogP contribution in [0.3, 0.4) is 0 Å². The van der Waals surface area contributed by atoms with Crippen LogP contribution in [-0.4, -0.2) is 25.5 Å². The topological polar surface area (TPSA) is 97.1 Å². The summed E-state index contributed by atoms with van der Waals surface area (Å²) in [5.74, 6) is 0.0149. The molecule has 2 aromatic rings. The summed E-state index contributed by atoms with van der Waals surface area (Å²) in [5.41, 5.74) is 8.39. The lowest BCUT2D eigenvalue weighted by molar-refractivity contribution is -0.139. The zero-order chi connectivity index (χ0) is 24.2. The minimum atomic E-state index is -0.732. The highest BCUT2D eigenvalue weighted by molar-refractivity contribution is 9.10. The van der Waals surface area contributed by atoms with Crippen LogP contribution in [0.25, 0.3) is 0 Å². The Labute approximate surface area is 206 Å². The molecule has 1 aliphatic heterocycles. The zero-order valence-electron chi connectivity index (χ0n) is 19.1. The highest BCUT2D eigenvalue weighted by Gasteiger charge is 2.41. The summed E-state index contributed by atoms with van der Waals surface area (Å²) >= 11 is 3.58. The molecule has 2 aromatic carbocycles. The largest absolute Gasteiger partial charge is 0.493 e. The van der Waals surface area contributed by atoms with Crippen LogP contribution in [-0.2, 0) is 25.7 Å². The highest BCUT2D eigenvalue weighted by atomic mass is 79.9. The van der Waals surface area contributed by atoms with Crippen molar-refractivity contribution in [2.24, 2.45) is 5.73 Å². The average Bonchev–Trinajstić information content (AvgIpc) is 2.83. The monoisotopic (exact) mass is 527 g/mol. The molecule has 0 unspecified atom stereocenters.